The summed E-state index contributed by atoms with van der Waals surface area (Å²) in [5, 5.41) is 11.4. The van der Waals surface area contributed by atoms with Crippen molar-refractivity contribution in [3.05, 3.63) is 48.3 Å². The zero-order valence-electron chi connectivity index (χ0n) is 17.3. The number of nitrogens with zero attached hydrogens (tertiary/aromatic N) is 4. The van der Waals surface area contributed by atoms with Crippen molar-refractivity contribution in [2.75, 3.05) is 19.6 Å². The third-order valence-electron chi connectivity index (χ3n) is 5.85. The Morgan fingerprint density at radius 2 is 2.07 bits per heavy atom. The summed E-state index contributed by atoms with van der Waals surface area (Å²) in [7, 11) is 0. The molecule has 2 aromatic rings. The summed E-state index contributed by atoms with van der Waals surface area (Å²) in [5.74, 6) is 0.922. The second kappa shape index (κ2) is 11.0. The van der Waals surface area contributed by atoms with Gasteiger partial charge in [0.15, 0.2) is 5.96 Å². The van der Waals surface area contributed by atoms with Gasteiger partial charge in [0.1, 0.15) is 0 Å². The molecule has 1 aromatic heterocycles. The first kappa shape index (κ1) is 22.1. The highest BCUT2D eigenvalue weighted by atomic mass is 127. The first-order valence-corrected chi connectivity index (χ1v) is 10.7. The van der Waals surface area contributed by atoms with Gasteiger partial charge in [-0.2, -0.15) is 5.10 Å². The van der Waals surface area contributed by atoms with Crippen molar-refractivity contribution < 1.29 is 0 Å². The van der Waals surface area contributed by atoms with Crippen LogP contribution in [0.25, 0.3) is 5.69 Å². The molecule has 7 heteroatoms. The van der Waals surface area contributed by atoms with E-state index in [1.807, 2.05) is 16.9 Å². The molecular weight excluding hydrogens is 475 g/mol. The summed E-state index contributed by atoms with van der Waals surface area (Å²) < 4.78 is 1.88. The molecule has 1 unspecified atom stereocenters. The van der Waals surface area contributed by atoms with E-state index in [1.165, 1.54) is 44.2 Å². The van der Waals surface area contributed by atoms with E-state index in [2.05, 4.69) is 51.8 Å². The summed E-state index contributed by atoms with van der Waals surface area (Å²) in [6, 6.07) is 11.7. The van der Waals surface area contributed by atoms with Crippen molar-refractivity contribution >= 4 is 29.9 Å². The van der Waals surface area contributed by atoms with Gasteiger partial charge in [-0.1, -0.05) is 25.0 Å². The fraction of sp³-hybridized carbons (Fsp3) is 0.545. The maximum absolute atomic E-state index is 4.84. The third-order valence-corrected chi connectivity index (χ3v) is 5.85. The number of halogens is 1. The van der Waals surface area contributed by atoms with Crippen molar-refractivity contribution in [2.24, 2.45) is 4.99 Å². The number of aliphatic imine (C=N–C) groups is 1. The van der Waals surface area contributed by atoms with Crippen molar-refractivity contribution in [1.29, 1.82) is 0 Å². The molecule has 0 radical (unpaired) electrons. The van der Waals surface area contributed by atoms with Crippen molar-refractivity contribution in [3.8, 4) is 5.69 Å². The average molecular weight is 508 g/mol. The highest BCUT2D eigenvalue weighted by molar-refractivity contribution is 14.0. The second-order valence-electron chi connectivity index (χ2n) is 7.88. The lowest BCUT2D eigenvalue weighted by Crippen LogP contribution is -2.45. The highest BCUT2D eigenvalue weighted by Crippen LogP contribution is 2.26. The molecule has 29 heavy (non-hydrogen) atoms. The Morgan fingerprint density at radius 1 is 1.21 bits per heavy atom. The molecule has 1 saturated carbocycles. The van der Waals surface area contributed by atoms with Crippen LogP contribution in [0.5, 0.6) is 0 Å². The van der Waals surface area contributed by atoms with Gasteiger partial charge in [0.2, 0.25) is 0 Å². The zero-order valence-corrected chi connectivity index (χ0v) is 19.6. The Labute approximate surface area is 191 Å². The number of hydrogen-bond donors (Lipinski definition) is 2. The Hall–Kier alpha value is -1.61. The lowest BCUT2D eigenvalue weighted by molar-refractivity contribution is 0.242. The van der Waals surface area contributed by atoms with E-state index >= 15 is 0 Å². The van der Waals surface area contributed by atoms with Crippen LogP contribution in [0.2, 0.25) is 0 Å². The summed E-state index contributed by atoms with van der Waals surface area (Å²) in [4.78, 5) is 7.52. The molecule has 1 atom stereocenters. The van der Waals surface area contributed by atoms with Crippen LogP contribution in [-0.4, -0.2) is 52.4 Å². The van der Waals surface area contributed by atoms with Crippen LogP contribution >= 0.6 is 24.0 Å². The first-order valence-electron chi connectivity index (χ1n) is 10.7. The largest absolute Gasteiger partial charge is 0.357 e. The third kappa shape index (κ3) is 5.94. The predicted octanol–water partition coefficient (Wildman–Crippen LogP) is 3.56. The molecule has 4 rings (SSSR count). The highest BCUT2D eigenvalue weighted by Gasteiger charge is 2.30. The molecule has 1 aliphatic carbocycles. The minimum atomic E-state index is 0. The minimum Gasteiger partial charge on any atom is -0.357 e. The zero-order chi connectivity index (χ0) is 19.2. The van der Waals surface area contributed by atoms with Crippen LogP contribution in [0.15, 0.2) is 47.7 Å². The van der Waals surface area contributed by atoms with Crippen LogP contribution in [-0.2, 0) is 6.54 Å². The summed E-state index contributed by atoms with van der Waals surface area (Å²) in [5.41, 5.74) is 2.25. The summed E-state index contributed by atoms with van der Waals surface area (Å²) >= 11 is 0. The van der Waals surface area contributed by atoms with E-state index in [0.29, 0.717) is 12.6 Å². The smallest absolute Gasteiger partial charge is 0.191 e. The van der Waals surface area contributed by atoms with Gasteiger partial charge < -0.3 is 10.6 Å². The average Bonchev–Trinajstić information content (AvgIpc) is 3.49. The van der Waals surface area contributed by atoms with Crippen molar-refractivity contribution in [2.45, 2.75) is 57.7 Å². The molecule has 0 spiro atoms. The van der Waals surface area contributed by atoms with E-state index in [0.717, 1.165) is 30.8 Å². The molecule has 0 amide bonds. The molecule has 6 nitrogen and oxygen atoms in total. The van der Waals surface area contributed by atoms with E-state index < -0.39 is 0 Å². The lowest BCUT2D eigenvalue weighted by Gasteiger charge is -2.24. The second-order valence-corrected chi connectivity index (χ2v) is 7.88. The van der Waals surface area contributed by atoms with Gasteiger partial charge in [-0.05, 0) is 49.9 Å². The Balaban J connectivity index is 0.00000240. The molecule has 2 heterocycles. The molecular formula is C22H33IN6. The maximum atomic E-state index is 4.84. The number of aromatic nitrogens is 2. The fourth-order valence-corrected chi connectivity index (χ4v) is 4.41. The van der Waals surface area contributed by atoms with Gasteiger partial charge in [-0.3, -0.25) is 4.90 Å². The molecule has 2 aliphatic rings. The molecule has 158 valence electrons. The number of hydrogen-bond acceptors (Lipinski definition) is 3. The van der Waals surface area contributed by atoms with E-state index in [1.54, 1.807) is 6.20 Å². The van der Waals surface area contributed by atoms with Crippen LogP contribution in [0.3, 0.4) is 0 Å². The normalized spacial score (nSPS) is 20.6. The van der Waals surface area contributed by atoms with Gasteiger partial charge in [0.05, 0.1) is 12.2 Å². The fourth-order valence-electron chi connectivity index (χ4n) is 4.41. The Kier molecular flexibility index (Phi) is 8.35. The molecule has 1 aromatic carbocycles. The number of nitrogens with one attached hydrogen (secondary N) is 2. The lowest BCUT2D eigenvalue weighted by atomic mass is 10.2. The topological polar surface area (TPSA) is 57.5 Å². The molecule has 1 saturated heterocycles. The maximum Gasteiger partial charge on any atom is 0.191 e. The summed E-state index contributed by atoms with van der Waals surface area (Å²) in [6.07, 6.45) is 10.5. The number of likely N-dealkylation sites (tertiary alicyclic amines) is 1. The van der Waals surface area contributed by atoms with E-state index in [4.69, 9.17) is 4.99 Å². The predicted molar refractivity (Wildman–Crippen MR) is 129 cm³/mol. The summed E-state index contributed by atoms with van der Waals surface area (Å²) in [6.45, 7) is 6.01. The van der Waals surface area contributed by atoms with Gasteiger partial charge in [-0.25, -0.2) is 9.67 Å². The van der Waals surface area contributed by atoms with Crippen LogP contribution in [0, 0.1) is 0 Å². The van der Waals surface area contributed by atoms with Crippen LogP contribution in [0.4, 0.5) is 0 Å². The van der Waals surface area contributed by atoms with E-state index in [9.17, 15) is 0 Å². The quantitative estimate of drug-likeness (QED) is 0.356. The number of benzene rings is 1. The Morgan fingerprint density at radius 3 is 2.83 bits per heavy atom. The first-order chi connectivity index (χ1) is 13.8. The standard InChI is InChI=1S/C22H32N6.HI/c1-2-23-22(26-19-11-14-27(17-19)20-8-3-4-9-20)24-16-18-7-5-10-21(15-18)28-13-6-12-25-28;/h5-7,10,12-13,15,19-20H,2-4,8-9,11,14,16-17H2,1H3,(H2,23,24,26);1H. The minimum absolute atomic E-state index is 0. The van der Waals surface area contributed by atoms with Gasteiger partial charge >= 0.3 is 0 Å². The van der Waals surface area contributed by atoms with E-state index in [-0.39, 0.29) is 24.0 Å². The van der Waals surface area contributed by atoms with Crippen molar-refractivity contribution in [3.63, 3.8) is 0 Å². The molecule has 0 bridgehead atoms. The van der Waals surface area contributed by atoms with Gasteiger partial charge in [0.25, 0.3) is 0 Å². The Bertz CT molecular complexity index is 769. The van der Waals surface area contributed by atoms with Crippen molar-refractivity contribution in [1.82, 2.24) is 25.3 Å². The monoisotopic (exact) mass is 508 g/mol. The van der Waals surface area contributed by atoms with Crippen LogP contribution < -0.4 is 10.6 Å². The number of rotatable bonds is 6. The van der Waals surface area contributed by atoms with Gasteiger partial charge in [0, 0.05) is 44.1 Å². The molecule has 1 aliphatic heterocycles. The molecule has 2 fully saturated rings. The molecule has 2 N–H and O–H groups in total. The number of guanidine groups is 1. The van der Waals surface area contributed by atoms with Gasteiger partial charge in [-0.15, -0.1) is 24.0 Å². The SMILES string of the molecule is CCNC(=NCc1cccc(-n2cccn2)c1)NC1CCN(C2CCCC2)C1.I. The van der Waals surface area contributed by atoms with Crippen LogP contribution in [0.1, 0.15) is 44.6 Å².